The highest BCUT2D eigenvalue weighted by Crippen LogP contribution is 2.05. The van der Waals surface area contributed by atoms with Crippen molar-refractivity contribution in [2.45, 2.75) is 6.54 Å². The number of nitrogens with zero attached hydrogens (tertiary/aromatic N) is 2. The van der Waals surface area contributed by atoms with Gasteiger partial charge in [-0.1, -0.05) is 17.9 Å². The van der Waals surface area contributed by atoms with E-state index in [2.05, 4.69) is 22.3 Å². The lowest BCUT2D eigenvalue weighted by atomic mass is 10.1. The summed E-state index contributed by atoms with van der Waals surface area (Å²) in [4.78, 5) is 12.0. The summed E-state index contributed by atoms with van der Waals surface area (Å²) in [7, 11) is 1.84. The van der Waals surface area contributed by atoms with E-state index in [-0.39, 0.29) is 5.91 Å². The van der Waals surface area contributed by atoms with Gasteiger partial charge in [0.1, 0.15) is 0 Å². The first-order chi connectivity index (χ1) is 9.69. The first-order valence-electron chi connectivity index (χ1n) is 6.24. The van der Waals surface area contributed by atoms with Crippen LogP contribution in [0.5, 0.6) is 0 Å². The van der Waals surface area contributed by atoms with Gasteiger partial charge in [0.25, 0.3) is 5.91 Å². The molecule has 1 aromatic carbocycles. The molecule has 1 aromatic heterocycles. The Morgan fingerprint density at radius 3 is 3.05 bits per heavy atom. The number of nitrogens with one attached hydrogen (secondary N) is 1. The molecule has 0 unspecified atom stereocenters. The van der Waals surface area contributed by atoms with Crippen molar-refractivity contribution >= 4 is 5.91 Å². The summed E-state index contributed by atoms with van der Waals surface area (Å²) in [5.41, 5.74) is 7.65. The van der Waals surface area contributed by atoms with Gasteiger partial charge in [-0.2, -0.15) is 5.10 Å². The van der Waals surface area contributed by atoms with Crippen molar-refractivity contribution < 1.29 is 4.79 Å². The van der Waals surface area contributed by atoms with E-state index in [1.54, 1.807) is 29.1 Å². The maximum absolute atomic E-state index is 12.0. The van der Waals surface area contributed by atoms with Crippen molar-refractivity contribution in [1.82, 2.24) is 15.1 Å². The molecule has 2 aromatic rings. The van der Waals surface area contributed by atoms with Gasteiger partial charge in [0, 0.05) is 36.5 Å². The fraction of sp³-hybridized carbons (Fsp3) is 0.200. The number of hydrogen-bond donors (Lipinski definition) is 2. The molecule has 0 bridgehead atoms. The Morgan fingerprint density at radius 2 is 2.35 bits per heavy atom. The van der Waals surface area contributed by atoms with E-state index in [4.69, 9.17) is 5.73 Å². The molecule has 2 rings (SSSR count). The number of aryl methyl sites for hydroxylation is 1. The molecule has 0 spiro atoms. The minimum Gasteiger partial charge on any atom is -0.348 e. The van der Waals surface area contributed by atoms with Crippen LogP contribution in [0.2, 0.25) is 0 Å². The van der Waals surface area contributed by atoms with Gasteiger partial charge < -0.3 is 11.1 Å². The smallest absolute Gasteiger partial charge is 0.251 e. The zero-order valence-corrected chi connectivity index (χ0v) is 11.3. The Morgan fingerprint density at radius 1 is 1.50 bits per heavy atom. The van der Waals surface area contributed by atoms with E-state index in [1.807, 2.05) is 19.3 Å². The molecule has 1 amide bonds. The van der Waals surface area contributed by atoms with Crippen LogP contribution in [0.3, 0.4) is 0 Å². The van der Waals surface area contributed by atoms with Gasteiger partial charge in [-0.25, -0.2) is 0 Å². The van der Waals surface area contributed by atoms with Gasteiger partial charge in [-0.05, 0) is 18.2 Å². The van der Waals surface area contributed by atoms with E-state index in [0.717, 1.165) is 11.1 Å². The molecule has 1 heterocycles. The topological polar surface area (TPSA) is 72.9 Å². The SMILES string of the molecule is Cn1cc(CNC(=O)c2cccc(C#CCN)c2)cn1. The second-order valence-corrected chi connectivity index (χ2v) is 4.29. The fourth-order valence-electron chi connectivity index (χ4n) is 1.74. The van der Waals surface area contributed by atoms with Crippen LogP contribution >= 0.6 is 0 Å². The summed E-state index contributed by atoms with van der Waals surface area (Å²) in [5, 5.41) is 6.90. The molecular formula is C15H16N4O. The van der Waals surface area contributed by atoms with E-state index in [1.165, 1.54) is 0 Å². The number of hydrogen-bond acceptors (Lipinski definition) is 3. The van der Waals surface area contributed by atoms with Gasteiger partial charge in [-0.15, -0.1) is 0 Å². The van der Waals surface area contributed by atoms with Crippen LogP contribution in [0.1, 0.15) is 21.5 Å². The average molecular weight is 268 g/mol. The van der Waals surface area contributed by atoms with Crippen molar-refractivity contribution in [3.05, 3.63) is 53.3 Å². The third-order valence-electron chi connectivity index (χ3n) is 2.67. The monoisotopic (exact) mass is 268 g/mol. The number of carbonyl (C=O) groups is 1. The second kappa shape index (κ2) is 6.55. The summed E-state index contributed by atoms with van der Waals surface area (Å²) >= 11 is 0. The molecule has 0 aliphatic rings. The Bertz CT molecular complexity index is 664. The summed E-state index contributed by atoms with van der Waals surface area (Å²) in [6.45, 7) is 0.753. The Balaban J connectivity index is 2.01. The largest absolute Gasteiger partial charge is 0.348 e. The van der Waals surface area contributed by atoms with E-state index < -0.39 is 0 Å². The molecule has 3 N–H and O–H groups in total. The zero-order chi connectivity index (χ0) is 14.4. The maximum Gasteiger partial charge on any atom is 0.251 e. The summed E-state index contributed by atoms with van der Waals surface area (Å²) < 4.78 is 1.70. The van der Waals surface area contributed by atoms with E-state index >= 15 is 0 Å². The number of carbonyl (C=O) groups excluding carboxylic acids is 1. The summed E-state index contributed by atoms with van der Waals surface area (Å²) in [6.07, 6.45) is 3.59. The Kier molecular flexibility index (Phi) is 4.53. The third kappa shape index (κ3) is 3.70. The van der Waals surface area contributed by atoms with E-state index in [0.29, 0.717) is 18.7 Å². The minimum atomic E-state index is -0.134. The van der Waals surface area contributed by atoms with Gasteiger partial charge in [0.2, 0.25) is 0 Å². The molecule has 0 aliphatic heterocycles. The number of nitrogens with two attached hydrogens (primary N) is 1. The van der Waals surface area contributed by atoms with Crippen molar-refractivity contribution in [1.29, 1.82) is 0 Å². The van der Waals surface area contributed by atoms with Crippen LogP contribution in [-0.4, -0.2) is 22.2 Å². The van der Waals surface area contributed by atoms with Crippen LogP contribution in [0.4, 0.5) is 0 Å². The van der Waals surface area contributed by atoms with Crippen LogP contribution in [0.15, 0.2) is 36.7 Å². The number of rotatable bonds is 3. The quantitative estimate of drug-likeness (QED) is 0.803. The molecule has 0 radical (unpaired) electrons. The molecule has 5 heteroatoms. The molecule has 0 saturated carbocycles. The molecular weight excluding hydrogens is 252 g/mol. The first kappa shape index (κ1) is 13.8. The molecule has 0 fully saturated rings. The predicted octanol–water partition coefficient (Wildman–Crippen LogP) is 0.660. The fourth-order valence-corrected chi connectivity index (χ4v) is 1.74. The van der Waals surface area contributed by atoms with Gasteiger partial charge in [0.05, 0.1) is 12.7 Å². The van der Waals surface area contributed by atoms with Crippen LogP contribution in [0.25, 0.3) is 0 Å². The summed E-state index contributed by atoms with van der Waals surface area (Å²) in [6, 6.07) is 7.16. The van der Waals surface area contributed by atoms with Crippen molar-refractivity contribution in [2.75, 3.05) is 6.54 Å². The van der Waals surface area contributed by atoms with Crippen molar-refractivity contribution in [3.63, 3.8) is 0 Å². The number of amides is 1. The average Bonchev–Trinajstić information content (AvgIpc) is 2.88. The molecule has 102 valence electrons. The van der Waals surface area contributed by atoms with Gasteiger partial charge >= 0.3 is 0 Å². The highest BCUT2D eigenvalue weighted by atomic mass is 16.1. The molecule has 20 heavy (non-hydrogen) atoms. The second-order valence-electron chi connectivity index (χ2n) is 4.29. The summed E-state index contributed by atoms with van der Waals surface area (Å²) in [5.74, 6) is 5.54. The van der Waals surface area contributed by atoms with Crippen LogP contribution in [-0.2, 0) is 13.6 Å². The van der Waals surface area contributed by atoms with Gasteiger partial charge in [-0.3, -0.25) is 9.48 Å². The lowest BCUT2D eigenvalue weighted by Crippen LogP contribution is -2.22. The lowest BCUT2D eigenvalue weighted by Gasteiger charge is -2.04. The predicted molar refractivity (Wildman–Crippen MR) is 76.8 cm³/mol. The van der Waals surface area contributed by atoms with Crippen molar-refractivity contribution in [2.24, 2.45) is 12.8 Å². The van der Waals surface area contributed by atoms with Crippen LogP contribution in [0, 0.1) is 11.8 Å². The normalized spacial score (nSPS) is 9.70. The number of aromatic nitrogens is 2. The molecule has 0 aliphatic carbocycles. The molecule has 0 atom stereocenters. The zero-order valence-electron chi connectivity index (χ0n) is 11.3. The third-order valence-corrected chi connectivity index (χ3v) is 2.67. The van der Waals surface area contributed by atoms with Gasteiger partial charge in [0.15, 0.2) is 0 Å². The Hall–Kier alpha value is -2.58. The van der Waals surface area contributed by atoms with Crippen molar-refractivity contribution in [3.8, 4) is 11.8 Å². The first-order valence-corrected chi connectivity index (χ1v) is 6.24. The maximum atomic E-state index is 12.0. The Labute approximate surface area is 117 Å². The van der Waals surface area contributed by atoms with E-state index in [9.17, 15) is 4.79 Å². The lowest BCUT2D eigenvalue weighted by molar-refractivity contribution is 0.0951. The molecule has 5 nitrogen and oxygen atoms in total. The van der Waals surface area contributed by atoms with Crippen LogP contribution < -0.4 is 11.1 Å². The highest BCUT2D eigenvalue weighted by Gasteiger charge is 2.06. The highest BCUT2D eigenvalue weighted by molar-refractivity contribution is 5.94. The molecule has 0 saturated heterocycles. The standard InChI is InChI=1S/C15H16N4O/c1-19-11-13(10-18-19)9-17-15(20)14-6-2-4-12(8-14)5-3-7-16/h2,4,6,8,10-11H,7,9,16H2,1H3,(H,17,20). The minimum absolute atomic E-state index is 0.134. The number of benzene rings is 1.